The second kappa shape index (κ2) is 4.14. The maximum absolute atomic E-state index is 10.5. The van der Waals surface area contributed by atoms with Crippen LogP contribution in [0.15, 0.2) is 36.5 Å². The van der Waals surface area contributed by atoms with Gasteiger partial charge in [0.2, 0.25) is 0 Å². The molecule has 0 unspecified atom stereocenters. The van der Waals surface area contributed by atoms with E-state index in [9.17, 15) is 10.1 Å². The van der Waals surface area contributed by atoms with Gasteiger partial charge in [-0.1, -0.05) is 0 Å². The molecule has 0 aliphatic heterocycles. The zero-order valence-corrected chi connectivity index (χ0v) is 8.83. The lowest BCUT2D eigenvalue weighted by atomic mass is 10.1. The van der Waals surface area contributed by atoms with Crippen LogP contribution in [0.5, 0.6) is 0 Å². The fourth-order valence-corrected chi connectivity index (χ4v) is 1.45. The van der Waals surface area contributed by atoms with Crippen molar-refractivity contribution in [1.82, 2.24) is 9.78 Å². The molecule has 0 N–H and O–H groups in total. The Morgan fingerprint density at radius 2 is 2.00 bits per heavy atom. The number of hydrogen-bond donors (Lipinski definition) is 0. The number of nitro groups is 1. The number of aryl methyl sites for hydroxylation is 1. The molecule has 0 radical (unpaired) electrons. The first-order chi connectivity index (χ1) is 7.70. The molecule has 5 nitrogen and oxygen atoms in total. The minimum atomic E-state index is -0.408. The van der Waals surface area contributed by atoms with Gasteiger partial charge in [-0.05, 0) is 25.1 Å². The van der Waals surface area contributed by atoms with E-state index in [4.69, 9.17) is 0 Å². The molecule has 0 bridgehead atoms. The summed E-state index contributed by atoms with van der Waals surface area (Å²) in [5.74, 6) is 0. The van der Waals surface area contributed by atoms with Gasteiger partial charge in [0.05, 0.1) is 10.6 Å². The molecular weight excluding hydrogens is 206 g/mol. The van der Waals surface area contributed by atoms with E-state index in [1.54, 1.807) is 12.1 Å². The molecule has 0 saturated heterocycles. The second-order valence-corrected chi connectivity index (χ2v) is 3.36. The Labute approximate surface area is 92.5 Å². The van der Waals surface area contributed by atoms with Gasteiger partial charge in [0.15, 0.2) is 0 Å². The summed E-state index contributed by atoms with van der Waals surface area (Å²) in [5, 5.41) is 14.8. The highest BCUT2D eigenvalue weighted by Gasteiger charge is 2.06. The molecule has 0 spiro atoms. The van der Waals surface area contributed by atoms with Gasteiger partial charge < -0.3 is 0 Å². The van der Waals surface area contributed by atoms with Crippen molar-refractivity contribution in [2.45, 2.75) is 13.5 Å². The molecule has 16 heavy (non-hydrogen) atoms. The molecule has 0 aliphatic carbocycles. The SMILES string of the molecule is CCn1ccc(-c2ccc([N+](=O)[O-])cc2)n1. The monoisotopic (exact) mass is 217 g/mol. The van der Waals surface area contributed by atoms with E-state index < -0.39 is 4.92 Å². The van der Waals surface area contributed by atoms with Crippen LogP contribution in [-0.4, -0.2) is 14.7 Å². The molecule has 2 aromatic rings. The lowest BCUT2D eigenvalue weighted by Gasteiger charge is -1.96. The number of nitro benzene ring substituents is 1. The van der Waals surface area contributed by atoms with Gasteiger partial charge in [0.1, 0.15) is 0 Å². The molecule has 82 valence electrons. The summed E-state index contributed by atoms with van der Waals surface area (Å²) >= 11 is 0. The topological polar surface area (TPSA) is 61.0 Å². The summed E-state index contributed by atoms with van der Waals surface area (Å²) in [6.45, 7) is 2.82. The Hall–Kier alpha value is -2.17. The average Bonchev–Trinajstić information content (AvgIpc) is 2.77. The first-order valence-corrected chi connectivity index (χ1v) is 4.99. The first-order valence-electron chi connectivity index (χ1n) is 4.99. The van der Waals surface area contributed by atoms with Crippen molar-refractivity contribution in [3.8, 4) is 11.3 Å². The van der Waals surface area contributed by atoms with E-state index in [0.717, 1.165) is 17.8 Å². The number of rotatable bonds is 3. The fourth-order valence-electron chi connectivity index (χ4n) is 1.45. The second-order valence-electron chi connectivity index (χ2n) is 3.36. The quantitative estimate of drug-likeness (QED) is 0.586. The molecule has 2 rings (SSSR count). The first kappa shape index (κ1) is 10.4. The van der Waals surface area contributed by atoms with Crippen molar-refractivity contribution < 1.29 is 4.92 Å². The van der Waals surface area contributed by atoms with E-state index in [1.165, 1.54) is 12.1 Å². The van der Waals surface area contributed by atoms with Gasteiger partial charge in [-0.15, -0.1) is 0 Å². The lowest BCUT2D eigenvalue weighted by Crippen LogP contribution is -1.94. The zero-order chi connectivity index (χ0) is 11.5. The number of hydrogen-bond acceptors (Lipinski definition) is 3. The fraction of sp³-hybridized carbons (Fsp3) is 0.182. The van der Waals surface area contributed by atoms with Gasteiger partial charge >= 0.3 is 0 Å². The van der Waals surface area contributed by atoms with Gasteiger partial charge in [-0.3, -0.25) is 14.8 Å². The van der Waals surface area contributed by atoms with Crippen molar-refractivity contribution in [2.24, 2.45) is 0 Å². The Bertz CT molecular complexity index is 502. The van der Waals surface area contributed by atoms with Crippen LogP contribution in [0.1, 0.15) is 6.92 Å². The summed E-state index contributed by atoms with van der Waals surface area (Å²) in [7, 11) is 0. The molecule has 0 atom stereocenters. The maximum atomic E-state index is 10.5. The largest absolute Gasteiger partial charge is 0.272 e. The van der Waals surface area contributed by atoms with Crippen LogP contribution in [0.25, 0.3) is 11.3 Å². The average molecular weight is 217 g/mol. The Kier molecular flexibility index (Phi) is 2.68. The van der Waals surface area contributed by atoms with Crippen molar-refractivity contribution in [3.63, 3.8) is 0 Å². The van der Waals surface area contributed by atoms with Crippen LogP contribution < -0.4 is 0 Å². The third-order valence-corrected chi connectivity index (χ3v) is 2.34. The van der Waals surface area contributed by atoms with Crippen LogP contribution in [0.4, 0.5) is 5.69 Å². The van der Waals surface area contributed by atoms with E-state index in [-0.39, 0.29) is 5.69 Å². The van der Waals surface area contributed by atoms with Crippen LogP contribution in [0.3, 0.4) is 0 Å². The summed E-state index contributed by atoms with van der Waals surface area (Å²) in [4.78, 5) is 10.1. The van der Waals surface area contributed by atoms with Crippen LogP contribution >= 0.6 is 0 Å². The third kappa shape index (κ3) is 1.93. The molecule has 5 heteroatoms. The maximum Gasteiger partial charge on any atom is 0.269 e. The molecule has 0 fully saturated rings. The predicted molar refractivity (Wildman–Crippen MR) is 60.0 cm³/mol. The summed E-state index contributed by atoms with van der Waals surface area (Å²) in [5.41, 5.74) is 1.81. The minimum absolute atomic E-state index is 0.0960. The van der Waals surface area contributed by atoms with Crippen LogP contribution in [-0.2, 0) is 6.54 Å². The van der Waals surface area contributed by atoms with Crippen LogP contribution in [0, 0.1) is 10.1 Å². The normalized spacial score (nSPS) is 10.3. The third-order valence-electron chi connectivity index (χ3n) is 2.34. The van der Waals surface area contributed by atoms with Gasteiger partial charge in [-0.25, -0.2) is 0 Å². The van der Waals surface area contributed by atoms with Crippen molar-refractivity contribution in [1.29, 1.82) is 0 Å². The lowest BCUT2D eigenvalue weighted by molar-refractivity contribution is -0.384. The van der Waals surface area contributed by atoms with Gasteiger partial charge in [0, 0.05) is 30.4 Å². The van der Waals surface area contributed by atoms with Crippen molar-refractivity contribution in [3.05, 3.63) is 46.6 Å². The number of aromatic nitrogens is 2. The summed E-state index contributed by atoms with van der Waals surface area (Å²) < 4.78 is 1.82. The van der Waals surface area contributed by atoms with E-state index in [1.807, 2.05) is 23.9 Å². The van der Waals surface area contributed by atoms with E-state index in [0.29, 0.717) is 0 Å². The molecule has 1 aromatic carbocycles. The Morgan fingerprint density at radius 3 is 2.50 bits per heavy atom. The Morgan fingerprint density at radius 1 is 1.31 bits per heavy atom. The molecule has 0 amide bonds. The molecule has 0 aliphatic rings. The van der Waals surface area contributed by atoms with Crippen molar-refractivity contribution in [2.75, 3.05) is 0 Å². The van der Waals surface area contributed by atoms with E-state index >= 15 is 0 Å². The number of nitrogens with zero attached hydrogens (tertiary/aromatic N) is 3. The highest BCUT2D eigenvalue weighted by Crippen LogP contribution is 2.20. The minimum Gasteiger partial charge on any atom is -0.272 e. The number of benzene rings is 1. The Balaban J connectivity index is 2.30. The summed E-state index contributed by atoms with van der Waals surface area (Å²) in [6.07, 6.45) is 1.89. The number of non-ortho nitro benzene ring substituents is 1. The smallest absolute Gasteiger partial charge is 0.269 e. The predicted octanol–water partition coefficient (Wildman–Crippen LogP) is 2.48. The van der Waals surface area contributed by atoms with Crippen molar-refractivity contribution >= 4 is 5.69 Å². The molecule has 1 aromatic heterocycles. The molecule has 0 saturated carbocycles. The van der Waals surface area contributed by atoms with E-state index in [2.05, 4.69) is 5.10 Å². The van der Waals surface area contributed by atoms with Gasteiger partial charge in [-0.2, -0.15) is 5.10 Å². The molecular formula is C11H11N3O2. The standard InChI is InChI=1S/C11H11N3O2/c1-2-13-8-7-11(12-13)9-3-5-10(6-4-9)14(15)16/h3-8H,2H2,1H3. The summed E-state index contributed by atoms with van der Waals surface area (Å²) in [6, 6.07) is 8.28. The highest BCUT2D eigenvalue weighted by atomic mass is 16.6. The molecule has 1 heterocycles. The van der Waals surface area contributed by atoms with Gasteiger partial charge in [0.25, 0.3) is 5.69 Å². The highest BCUT2D eigenvalue weighted by molar-refractivity contribution is 5.60. The zero-order valence-electron chi connectivity index (χ0n) is 8.83. The van der Waals surface area contributed by atoms with Crippen LogP contribution in [0.2, 0.25) is 0 Å².